The van der Waals surface area contributed by atoms with Crippen molar-refractivity contribution in [2.75, 3.05) is 5.32 Å². The van der Waals surface area contributed by atoms with Crippen LogP contribution in [0.25, 0.3) is 0 Å². The molecule has 0 saturated carbocycles. The Morgan fingerprint density at radius 1 is 1.21 bits per heavy atom. The minimum atomic E-state index is 0.158. The van der Waals surface area contributed by atoms with E-state index in [1.807, 2.05) is 18.2 Å². The smallest absolute Gasteiger partial charge is 0.101 e. The fourth-order valence-corrected chi connectivity index (χ4v) is 2.52. The number of hydrogen-bond acceptors (Lipinski definition) is 2. The number of rotatable bonds is 3. The quantitative estimate of drug-likeness (QED) is 0.693. The minimum absolute atomic E-state index is 0.158. The number of benzene rings is 2. The molecule has 96 valence electrons. The van der Waals surface area contributed by atoms with Gasteiger partial charge in [0, 0.05) is 14.1 Å². The Bertz CT molecular complexity index is 617. The molecular formula is C15H12BrIN2. The Labute approximate surface area is 135 Å². The molecule has 2 nitrogen and oxygen atoms in total. The summed E-state index contributed by atoms with van der Waals surface area (Å²) in [6, 6.07) is 16.4. The molecule has 0 heterocycles. The number of halogens is 2. The van der Waals surface area contributed by atoms with Crippen LogP contribution in [0.3, 0.4) is 0 Å². The van der Waals surface area contributed by atoms with E-state index >= 15 is 0 Å². The molecule has 0 spiro atoms. The van der Waals surface area contributed by atoms with Crippen molar-refractivity contribution in [3.63, 3.8) is 0 Å². The summed E-state index contributed by atoms with van der Waals surface area (Å²) in [6.07, 6.45) is 0. The summed E-state index contributed by atoms with van der Waals surface area (Å²) in [5, 5.41) is 12.5. The lowest BCUT2D eigenvalue weighted by Gasteiger charge is -2.17. The molecule has 1 unspecified atom stereocenters. The number of anilines is 1. The van der Waals surface area contributed by atoms with Crippen molar-refractivity contribution in [2.24, 2.45) is 0 Å². The van der Waals surface area contributed by atoms with Gasteiger partial charge in [0.15, 0.2) is 0 Å². The number of hydrogen-bond donors (Lipinski definition) is 1. The van der Waals surface area contributed by atoms with E-state index in [2.05, 4.69) is 81.1 Å². The van der Waals surface area contributed by atoms with E-state index in [0.29, 0.717) is 5.56 Å². The van der Waals surface area contributed by atoms with Gasteiger partial charge in [-0.1, -0.05) is 28.1 Å². The maximum Gasteiger partial charge on any atom is 0.101 e. The van der Waals surface area contributed by atoms with Crippen molar-refractivity contribution in [3.8, 4) is 6.07 Å². The lowest BCUT2D eigenvalue weighted by atomic mass is 10.1. The van der Waals surface area contributed by atoms with E-state index in [1.165, 1.54) is 9.13 Å². The molecule has 4 heteroatoms. The van der Waals surface area contributed by atoms with Crippen LogP contribution in [0.1, 0.15) is 24.1 Å². The molecule has 1 N–H and O–H groups in total. The van der Waals surface area contributed by atoms with Crippen LogP contribution >= 0.6 is 38.5 Å². The van der Waals surface area contributed by atoms with Crippen LogP contribution in [0.2, 0.25) is 0 Å². The summed E-state index contributed by atoms with van der Waals surface area (Å²) in [7, 11) is 0. The highest BCUT2D eigenvalue weighted by atomic mass is 127. The second kappa shape index (κ2) is 6.40. The van der Waals surface area contributed by atoms with Crippen LogP contribution in [0.5, 0.6) is 0 Å². The van der Waals surface area contributed by atoms with E-state index in [9.17, 15) is 0 Å². The van der Waals surface area contributed by atoms with Gasteiger partial charge in [-0.2, -0.15) is 5.26 Å². The van der Waals surface area contributed by atoms with E-state index in [0.717, 1.165) is 10.2 Å². The predicted molar refractivity (Wildman–Crippen MR) is 90.1 cm³/mol. The molecule has 2 aromatic carbocycles. The number of nitrogens with one attached hydrogen (secondary N) is 1. The zero-order chi connectivity index (χ0) is 13.8. The van der Waals surface area contributed by atoms with Crippen molar-refractivity contribution in [3.05, 3.63) is 61.6 Å². The molecule has 0 bridgehead atoms. The standard InChI is InChI=1S/C15H12BrIN2/c1-10(11-2-5-14(17)6-3-11)19-15-7-4-13(16)8-12(15)9-18/h2-8,10,19H,1H3. The summed E-state index contributed by atoms with van der Waals surface area (Å²) in [5.74, 6) is 0. The SMILES string of the molecule is CC(Nc1ccc(Br)cc1C#N)c1ccc(I)cc1. The molecule has 0 radical (unpaired) electrons. The first-order valence-corrected chi connectivity index (χ1v) is 7.69. The summed E-state index contributed by atoms with van der Waals surface area (Å²) in [4.78, 5) is 0. The first-order valence-electron chi connectivity index (χ1n) is 5.82. The van der Waals surface area contributed by atoms with Crippen LogP contribution < -0.4 is 5.32 Å². The molecule has 2 aromatic rings. The summed E-state index contributed by atoms with van der Waals surface area (Å²) < 4.78 is 2.13. The van der Waals surface area contributed by atoms with E-state index < -0.39 is 0 Å². The monoisotopic (exact) mass is 426 g/mol. The molecule has 0 aromatic heterocycles. The fourth-order valence-electron chi connectivity index (χ4n) is 1.80. The zero-order valence-corrected chi connectivity index (χ0v) is 14.1. The van der Waals surface area contributed by atoms with Gasteiger partial charge in [-0.15, -0.1) is 0 Å². The highest BCUT2D eigenvalue weighted by molar-refractivity contribution is 14.1. The van der Waals surface area contributed by atoms with Crippen molar-refractivity contribution in [2.45, 2.75) is 13.0 Å². The van der Waals surface area contributed by atoms with Crippen LogP contribution in [-0.4, -0.2) is 0 Å². The first-order chi connectivity index (χ1) is 9.10. The van der Waals surface area contributed by atoms with Crippen LogP contribution in [0.15, 0.2) is 46.9 Å². The maximum atomic E-state index is 9.15. The van der Waals surface area contributed by atoms with E-state index in [-0.39, 0.29) is 6.04 Å². The lowest BCUT2D eigenvalue weighted by Crippen LogP contribution is -2.07. The fraction of sp³-hybridized carbons (Fsp3) is 0.133. The van der Waals surface area contributed by atoms with Crippen LogP contribution in [0, 0.1) is 14.9 Å². The summed E-state index contributed by atoms with van der Waals surface area (Å²) in [5.41, 5.74) is 2.70. The Kier molecular flexibility index (Phi) is 4.83. The largest absolute Gasteiger partial charge is 0.377 e. The zero-order valence-electron chi connectivity index (χ0n) is 10.3. The topological polar surface area (TPSA) is 35.8 Å². The molecular weight excluding hydrogens is 415 g/mol. The normalized spacial score (nSPS) is 11.7. The molecule has 2 rings (SSSR count). The molecule has 0 aliphatic carbocycles. The first kappa shape index (κ1) is 14.4. The predicted octanol–water partition coefficient (Wildman–Crippen LogP) is 5.10. The Hall–Kier alpha value is -1.06. The average Bonchev–Trinajstić information content (AvgIpc) is 2.41. The van der Waals surface area contributed by atoms with Gasteiger partial charge in [0.1, 0.15) is 6.07 Å². The van der Waals surface area contributed by atoms with Crippen LogP contribution in [0.4, 0.5) is 5.69 Å². The van der Waals surface area contributed by atoms with E-state index in [1.54, 1.807) is 0 Å². The highest BCUT2D eigenvalue weighted by Gasteiger charge is 2.08. The van der Waals surface area contributed by atoms with Gasteiger partial charge in [0.25, 0.3) is 0 Å². The Morgan fingerprint density at radius 2 is 1.89 bits per heavy atom. The number of nitriles is 1. The third-order valence-corrected chi connectivity index (χ3v) is 4.06. The van der Waals surface area contributed by atoms with Gasteiger partial charge in [0.2, 0.25) is 0 Å². The van der Waals surface area contributed by atoms with Crippen molar-refractivity contribution < 1.29 is 0 Å². The Morgan fingerprint density at radius 3 is 2.53 bits per heavy atom. The summed E-state index contributed by atoms with van der Waals surface area (Å²) >= 11 is 5.67. The van der Waals surface area contributed by atoms with Gasteiger partial charge in [-0.05, 0) is 65.4 Å². The highest BCUT2D eigenvalue weighted by Crippen LogP contribution is 2.25. The Balaban J connectivity index is 2.21. The molecule has 1 atom stereocenters. The van der Waals surface area contributed by atoms with Gasteiger partial charge in [-0.3, -0.25) is 0 Å². The molecule has 0 saturated heterocycles. The molecule has 0 aliphatic heterocycles. The van der Waals surface area contributed by atoms with Gasteiger partial charge < -0.3 is 5.32 Å². The lowest BCUT2D eigenvalue weighted by molar-refractivity contribution is 0.883. The van der Waals surface area contributed by atoms with E-state index in [4.69, 9.17) is 5.26 Å². The van der Waals surface area contributed by atoms with Gasteiger partial charge >= 0.3 is 0 Å². The van der Waals surface area contributed by atoms with Crippen molar-refractivity contribution in [1.82, 2.24) is 0 Å². The second-order valence-electron chi connectivity index (χ2n) is 4.22. The molecule has 19 heavy (non-hydrogen) atoms. The summed E-state index contributed by atoms with van der Waals surface area (Å²) in [6.45, 7) is 2.09. The van der Waals surface area contributed by atoms with Gasteiger partial charge in [0.05, 0.1) is 11.3 Å². The third-order valence-electron chi connectivity index (χ3n) is 2.84. The minimum Gasteiger partial charge on any atom is -0.377 e. The second-order valence-corrected chi connectivity index (χ2v) is 6.38. The maximum absolute atomic E-state index is 9.15. The molecule has 0 amide bonds. The number of nitrogens with zero attached hydrogens (tertiary/aromatic N) is 1. The van der Waals surface area contributed by atoms with Gasteiger partial charge in [-0.25, -0.2) is 0 Å². The average molecular weight is 427 g/mol. The third kappa shape index (κ3) is 3.71. The van der Waals surface area contributed by atoms with Crippen molar-refractivity contribution >= 4 is 44.2 Å². The molecule has 0 fully saturated rings. The molecule has 0 aliphatic rings. The van der Waals surface area contributed by atoms with Crippen LogP contribution in [-0.2, 0) is 0 Å². The van der Waals surface area contributed by atoms with Crippen molar-refractivity contribution in [1.29, 1.82) is 5.26 Å².